The second kappa shape index (κ2) is 14.4. The highest BCUT2D eigenvalue weighted by molar-refractivity contribution is 8.00. The molecule has 1 fully saturated rings. The molecule has 0 bridgehead atoms. The molecule has 1 N–H and O–H groups in total. The number of hydrogen-bond acceptors (Lipinski definition) is 9. The van der Waals surface area contributed by atoms with E-state index >= 15 is 0 Å². The number of para-hydroxylation sites is 1. The second-order valence-electron chi connectivity index (χ2n) is 10.5. The quantitative estimate of drug-likeness (QED) is 0.0359. The molecule has 1 aliphatic heterocycles. The van der Waals surface area contributed by atoms with Crippen LogP contribution in [0.3, 0.4) is 0 Å². The lowest BCUT2D eigenvalue weighted by Gasteiger charge is -2.23. The Morgan fingerprint density at radius 3 is 2.33 bits per heavy atom. The van der Waals surface area contributed by atoms with E-state index in [1.165, 1.54) is 28.0 Å². The van der Waals surface area contributed by atoms with Crippen molar-refractivity contribution in [2.24, 2.45) is 0 Å². The van der Waals surface area contributed by atoms with Crippen LogP contribution in [0.2, 0.25) is 0 Å². The predicted octanol–water partition coefficient (Wildman–Crippen LogP) is 8.43. The minimum Gasteiger partial charge on any atom is -0.507 e. The lowest BCUT2D eigenvalue weighted by Crippen LogP contribution is -2.29. The fourth-order valence-electron chi connectivity index (χ4n) is 4.99. The van der Waals surface area contributed by atoms with Gasteiger partial charge in [-0.05, 0) is 66.1 Å². The molecule has 8 nitrogen and oxygen atoms in total. The van der Waals surface area contributed by atoms with E-state index in [4.69, 9.17) is 9.47 Å². The monoisotopic (exact) mass is 649 g/mol. The third-order valence-electron chi connectivity index (χ3n) is 7.30. The number of carbonyl (C=O) groups is 2. The first-order valence-corrected chi connectivity index (χ1v) is 16.7. The molecule has 46 heavy (non-hydrogen) atoms. The van der Waals surface area contributed by atoms with Gasteiger partial charge < -0.3 is 14.6 Å². The van der Waals surface area contributed by atoms with Gasteiger partial charge in [0.2, 0.25) is 5.13 Å². The summed E-state index contributed by atoms with van der Waals surface area (Å²) in [5.41, 5.74) is 2.04. The lowest BCUT2D eigenvalue weighted by molar-refractivity contribution is -0.132. The molecule has 6 rings (SSSR count). The molecular weight excluding hydrogens is 619 g/mol. The summed E-state index contributed by atoms with van der Waals surface area (Å²) >= 11 is 2.72. The molecule has 5 aromatic rings. The van der Waals surface area contributed by atoms with Crippen molar-refractivity contribution in [2.75, 3.05) is 11.5 Å². The second-order valence-corrected chi connectivity index (χ2v) is 12.7. The van der Waals surface area contributed by atoms with E-state index < -0.39 is 17.7 Å². The zero-order valence-corrected chi connectivity index (χ0v) is 26.7. The van der Waals surface area contributed by atoms with Crippen LogP contribution in [0.1, 0.15) is 42.5 Å². The Morgan fingerprint density at radius 2 is 1.59 bits per heavy atom. The number of anilines is 1. The number of carbonyl (C=O) groups excluding carboxylic acids is 2. The summed E-state index contributed by atoms with van der Waals surface area (Å²) in [5, 5.41) is 20.5. The Bertz CT molecular complexity index is 1840. The Labute approximate surface area is 275 Å². The minimum atomic E-state index is -0.972. The maximum absolute atomic E-state index is 13.7. The number of ether oxygens (including phenoxy) is 2. The number of hydrogen-bond donors (Lipinski definition) is 1. The average molecular weight is 650 g/mol. The first kappa shape index (κ1) is 31.1. The molecule has 10 heteroatoms. The van der Waals surface area contributed by atoms with Gasteiger partial charge in [-0.25, -0.2) is 0 Å². The Morgan fingerprint density at radius 1 is 0.870 bits per heavy atom. The van der Waals surface area contributed by atoms with Crippen LogP contribution in [0.25, 0.3) is 5.76 Å². The van der Waals surface area contributed by atoms with Crippen LogP contribution in [0.5, 0.6) is 17.2 Å². The number of aliphatic hydroxyl groups is 1. The highest BCUT2D eigenvalue weighted by Gasteiger charge is 2.48. The molecule has 232 valence electrons. The molecule has 1 saturated heterocycles. The number of benzene rings is 4. The van der Waals surface area contributed by atoms with Gasteiger partial charge in [0.05, 0.1) is 18.2 Å². The fraction of sp³-hybridized carbons (Fsp3) is 0.167. The van der Waals surface area contributed by atoms with Gasteiger partial charge >= 0.3 is 5.91 Å². The van der Waals surface area contributed by atoms with Gasteiger partial charge in [-0.1, -0.05) is 97.1 Å². The van der Waals surface area contributed by atoms with Crippen LogP contribution < -0.4 is 14.4 Å². The zero-order valence-electron chi connectivity index (χ0n) is 25.0. The van der Waals surface area contributed by atoms with Crippen LogP contribution in [0.15, 0.2) is 119 Å². The molecule has 4 aromatic carbocycles. The molecule has 2 heterocycles. The summed E-state index contributed by atoms with van der Waals surface area (Å²) in [7, 11) is 0. The molecule has 1 aromatic heterocycles. The largest absolute Gasteiger partial charge is 0.507 e. The topological polar surface area (TPSA) is 102 Å². The van der Waals surface area contributed by atoms with E-state index in [9.17, 15) is 14.7 Å². The molecule has 1 aliphatic rings. The number of ketones is 1. The van der Waals surface area contributed by atoms with Gasteiger partial charge in [-0.2, -0.15) is 0 Å². The number of rotatable bonds is 12. The van der Waals surface area contributed by atoms with Crippen molar-refractivity contribution in [1.82, 2.24) is 10.2 Å². The van der Waals surface area contributed by atoms with Gasteiger partial charge in [0, 0.05) is 11.3 Å². The van der Waals surface area contributed by atoms with Crippen molar-refractivity contribution < 1.29 is 24.2 Å². The van der Waals surface area contributed by atoms with Crippen LogP contribution in [-0.4, -0.2) is 33.6 Å². The molecule has 0 radical (unpaired) electrons. The number of Topliss-reactive ketones (excluding diaryl/α,β-unsaturated/α-hetero) is 1. The number of amides is 1. The van der Waals surface area contributed by atoms with Crippen molar-refractivity contribution in [3.63, 3.8) is 0 Å². The van der Waals surface area contributed by atoms with E-state index in [0.717, 1.165) is 18.4 Å². The fourth-order valence-corrected chi connectivity index (χ4v) is 6.82. The number of unbranched alkanes of at least 4 members (excludes halogenated alkanes) is 1. The van der Waals surface area contributed by atoms with E-state index in [0.29, 0.717) is 45.1 Å². The third kappa shape index (κ3) is 6.98. The van der Waals surface area contributed by atoms with Gasteiger partial charge in [0.1, 0.15) is 23.0 Å². The SMILES string of the molecule is CCCCOc1ccc(C(O)=C2C(=O)C(=O)N(c3nnc(SCc4ccccc4)s3)C2c2cccc(Oc3ccccc3)c2)cc1. The number of nitrogens with zero attached hydrogens (tertiary/aromatic N) is 3. The van der Waals surface area contributed by atoms with Crippen LogP contribution in [0, 0.1) is 0 Å². The molecule has 0 aliphatic carbocycles. The van der Waals surface area contributed by atoms with E-state index in [-0.39, 0.29) is 16.5 Å². The summed E-state index contributed by atoms with van der Waals surface area (Å²) in [6, 6.07) is 32.3. The number of aromatic nitrogens is 2. The van der Waals surface area contributed by atoms with E-state index in [1.54, 1.807) is 48.5 Å². The van der Waals surface area contributed by atoms with E-state index in [2.05, 4.69) is 17.1 Å². The standard InChI is InChI=1S/C36H31N3O5S2/c1-2-3-21-43-27-19-17-25(18-20-27)32(40)30-31(26-13-10-16-29(22-26)44-28-14-8-5-9-15-28)39(34(42)33(30)41)35-37-38-36(46-35)45-23-24-11-6-4-7-12-24/h4-20,22,31,40H,2-3,21,23H2,1H3. The Kier molecular flexibility index (Phi) is 9.76. The van der Waals surface area contributed by atoms with Gasteiger partial charge in [0.25, 0.3) is 5.78 Å². The maximum Gasteiger partial charge on any atom is 0.301 e. The first-order valence-electron chi connectivity index (χ1n) is 14.9. The van der Waals surface area contributed by atoms with Crippen LogP contribution >= 0.6 is 23.1 Å². The van der Waals surface area contributed by atoms with Gasteiger partial charge in [0.15, 0.2) is 4.34 Å². The van der Waals surface area contributed by atoms with Gasteiger partial charge in [-0.15, -0.1) is 10.2 Å². The Hall–Kier alpha value is -4.93. The highest BCUT2D eigenvalue weighted by atomic mass is 32.2. The lowest BCUT2D eigenvalue weighted by atomic mass is 9.95. The van der Waals surface area contributed by atoms with Crippen molar-refractivity contribution >= 4 is 45.7 Å². The van der Waals surface area contributed by atoms with Crippen molar-refractivity contribution in [3.05, 3.63) is 131 Å². The normalized spacial score (nSPS) is 15.7. The average Bonchev–Trinajstić information content (AvgIpc) is 3.66. The molecule has 0 saturated carbocycles. The number of thioether (sulfide) groups is 1. The predicted molar refractivity (Wildman–Crippen MR) is 180 cm³/mol. The molecule has 1 amide bonds. The molecular formula is C36H31N3O5S2. The number of aliphatic hydroxyl groups excluding tert-OH is 1. The molecule has 1 unspecified atom stereocenters. The summed E-state index contributed by atoms with van der Waals surface area (Å²) in [4.78, 5) is 28.7. The third-order valence-corrected chi connectivity index (χ3v) is 9.43. The minimum absolute atomic E-state index is 0.0461. The first-order chi connectivity index (χ1) is 22.5. The highest BCUT2D eigenvalue weighted by Crippen LogP contribution is 2.45. The smallest absolute Gasteiger partial charge is 0.301 e. The van der Waals surface area contributed by atoms with Gasteiger partial charge in [-0.3, -0.25) is 14.5 Å². The van der Waals surface area contributed by atoms with E-state index in [1.807, 2.05) is 60.7 Å². The Balaban J connectivity index is 1.37. The van der Waals surface area contributed by atoms with Crippen LogP contribution in [0.4, 0.5) is 5.13 Å². The molecule has 0 spiro atoms. The summed E-state index contributed by atoms with van der Waals surface area (Å²) in [5.74, 6) is 0.587. The van der Waals surface area contributed by atoms with Crippen LogP contribution in [-0.2, 0) is 15.3 Å². The summed E-state index contributed by atoms with van der Waals surface area (Å²) in [6.45, 7) is 2.67. The summed E-state index contributed by atoms with van der Waals surface area (Å²) in [6.07, 6.45) is 1.94. The molecule has 1 atom stereocenters. The zero-order chi connectivity index (χ0) is 31.9. The van der Waals surface area contributed by atoms with Crippen molar-refractivity contribution in [3.8, 4) is 17.2 Å². The van der Waals surface area contributed by atoms with Crippen molar-refractivity contribution in [1.29, 1.82) is 0 Å². The van der Waals surface area contributed by atoms with Crippen molar-refractivity contribution in [2.45, 2.75) is 35.9 Å². The summed E-state index contributed by atoms with van der Waals surface area (Å²) < 4.78 is 12.5. The maximum atomic E-state index is 13.7.